The Balaban J connectivity index is 1.94. The lowest BCUT2D eigenvalue weighted by Crippen LogP contribution is -2.31. The third-order valence-corrected chi connectivity index (χ3v) is 6.91. The van der Waals surface area contributed by atoms with Crippen LogP contribution in [0.1, 0.15) is 28.4 Å². The second-order valence-electron chi connectivity index (χ2n) is 6.98. The number of methoxy groups -OCH3 is 1. The van der Waals surface area contributed by atoms with Crippen molar-refractivity contribution in [1.29, 1.82) is 0 Å². The van der Waals surface area contributed by atoms with Gasteiger partial charge < -0.3 is 9.47 Å². The maximum atomic E-state index is 13.4. The van der Waals surface area contributed by atoms with E-state index in [1.54, 1.807) is 51.1 Å². The summed E-state index contributed by atoms with van der Waals surface area (Å²) in [6.07, 6.45) is 0. The van der Waals surface area contributed by atoms with Gasteiger partial charge in [0.15, 0.2) is 0 Å². The van der Waals surface area contributed by atoms with Crippen LogP contribution in [0.4, 0.5) is 5.69 Å². The lowest BCUT2D eigenvalue weighted by Gasteiger charge is -2.24. The number of carbonyl (C=O) groups excluding carboxylic acids is 1. The van der Waals surface area contributed by atoms with Crippen LogP contribution in [0.3, 0.4) is 0 Å². The van der Waals surface area contributed by atoms with E-state index in [-0.39, 0.29) is 17.0 Å². The molecule has 0 saturated heterocycles. The molecule has 0 atom stereocenters. The monoisotopic (exact) mass is 439 g/mol. The number of rotatable bonds is 7. The predicted molar refractivity (Wildman–Crippen MR) is 120 cm³/mol. The Bertz CT molecular complexity index is 1170. The van der Waals surface area contributed by atoms with Gasteiger partial charge in [0.2, 0.25) is 0 Å². The maximum Gasteiger partial charge on any atom is 0.338 e. The fourth-order valence-electron chi connectivity index (χ4n) is 3.22. The summed E-state index contributed by atoms with van der Waals surface area (Å²) in [4.78, 5) is 12.2. The molecule has 0 radical (unpaired) electrons. The molecule has 6 nitrogen and oxygen atoms in total. The highest BCUT2D eigenvalue weighted by Crippen LogP contribution is 2.29. The molecule has 3 aromatic carbocycles. The smallest absolute Gasteiger partial charge is 0.338 e. The summed E-state index contributed by atoms with van der Waals surface area (Å²) < 4.78 is 38.7. The van der Waals surface area contributed by atoms with E-state index < -0.39 is 16.0 Å². The lowest BCUT2D eigenvalue weighted by molar-refractivity contribution is 0.0599. The second kappa shape index (κ2) is 9.22. The van der Waals surface area contributed by atoms with Gasteiger partial charge in [-0.1, -0.05) is 18.2 Å². The van der Waals surface area contributed by atoms with Crippen LogP contribution in [-0.4, -0.2) is 28.0 Å². The number of hydrogen-bond donors (Lipinski definition) is 0. The Kier molecular flexibility index (Phi) is 6.65. The fourth-order valence-corrected chi connectivity index (χ4v) is 4.81. The van der Waals surface area contributed by atoms with Crippen molar-refractivity contribution in [3.05, 3.63) is 83.4 Å². The van der Waals surface area contributed by atoms with Crippen LogP contribution >= 0.6 is 0 Å². The van der Waals surface area contributed by atoms with Gasteiger partial charge in [-0.3, -0.25) is 4.31 Å². The summed E-state index contributed by atoms with van der Waals surface area (Å²) in [7, 11) is -2.62. The minimum atomic E-state index is -3.89. The summed E-state index contributed by atoms with van der Waals surface area (Å²) in [5, 5.41) is 0. The van der Waals surface area contributed by atoms with Gasteiger partial charge in [0.1, 0.15) is 11.5 Å². The zero-order valence-electron chi connectivity index (χ0n) is 18.0. The van der Waals surface area contributed by atoms with Crippen LogP contribution in [0, 0.1) is 13.8 Å². The maximum absolute atomic E-state index is 13.4. The largest absolute Gasteiger partial charge is 0.465 e. The molecule has 31 heavy (non-hydrogen) atoms. The van der Waals surface area contributed by atoms with Gasteiger partial charge in [-0.25, -0.2) is 13.2 Å². The van der Waals surface area contributed by atoms with Crippen molar-refractivity contribution in [3.63, 3.8) is 0 Å². The number of ether oxygens (including phenoxy) is 2. The van der Waals surface area contributed by atoms with Crippen LogP contribution < -0.4 is 9.04 Å². The van der Waals surface area contributed by atoms with E-state index in [0.717, 1.165) is 0 Å². The summed E-state index contributed by atoms with van der Waals surface area (Å²) in [6, 6.07) is 19.1. The average Bonchev–Trinajstić information content (AvgIpc) is 2.77. The van der Waals surface area contributed by atoms with E-state index in [0.29, 0.717) is 28.3 Å². The normalized spacial score (nSPS) is 11.1. The number of carbonyl (C=O) groups is 1. The molecule has 0 N–H and O–H groups in total. The number of benzene rings is 3. The molecule has 3 rings (SSSR count). The summed E-state index contributed by atoms with van der Waals surface area (Å²) in [5.41, 5.74) is 2.13. The molecule has 0 amide bonds. The summed E-state index contributed by atoms with van der Waals surface area (Å²) in [6.45, 7) is 5.52. The third kappa shape index (κ3) is 4.72. The highest BCUT2D eigenvalue weighted by atomic mass is 32.2. The Labute approximate surface area is 183 Å². The van der Waals surface area contributed by atoms with Crippen LogP contribution in [0.5, 0.6) is 11.5 Å². The highest BCUT2D eigenvalue weighted by Gasteiger charge is 2.26. The molecule has 3 aromatic rings. The van der Waals surface area contributed by atoms with E-state index in [9.17, 15) is 13.2 Å². The molecular weight excluding hydrogens is 414 g/mol. The molecular formula is C24H25NO5S. The quantitative estimate of drug-likeness (QED) is 0.479. The molecule has 162 valence electrons. The molecule has 7 heteroatoms. The molecule has 0 spiro atoms. The van der Waals surface area contributed by atoms with Crippen LogP contribution in [0.15, 0.2) is 71.6 Å². The van der Waals surface area contributed by atoms with Crippen molar-refractivity contribution in [2.45, 2.75) is 25.7 Å². The molecule has 0 saturated carbocycles. The zero-order valence-corrected chi connectivity index (χ0v) is 18.8. The number of hydrogen-bond acceptors (Lipinski definition) is 5. The molecule has 0 aliphatic heterocycles. The van der Waals surface area contributed by atoms with Gasteiger partial charge in [0.05, 0.1) is 23.3 Å². The minimum Gasteiger partial charge on any atom is -0.465 e. The first-order chi connectivity index (χ1) is 14.8. The standard InChI is InChI=1S/C24H25NO5S/c1-5-25(19-11-13-21(14-12-19)30-20-9-7-6-8-10-20)31(27,28)22-15-17(2)18(3)23(16-22)24(26)29-4/h6-16H,5H2,1-4H3. The van der Waals surface area contributed by atoms with Crippen molar-refractivity contribution >= 4 is 21.7 Å². The van der Waals surface area contributed by atoms with E-state index in [2.05, 4.69) is 0 Å². The molecule has 0 unspecified atom stereocenters. The first-order valence-corrected chi connectivity index (χ1v) is 11.3. The van der Waals surface area contributed by atoms with Gasteiger partial charge in [-0.15, -0.1) is 0 Å². The molecule has 0 aliphatic rings. The van der Waals surface area contributed by atoms with Crippen molar-refractivity contribution in [3.8, 4) is 11.5 Å². The van der Waals surface area contributed by atoms with Crippen molar-refractivity contribution < 1.29 is 22.7 Å². The van der Waals surface area contributed by atoms with Gasteiger partial charge >= 0.3 is 5.97 Å². The van der Waals surface area contributed by atoms with Crippen molar-refractivity contribution in [2.24, 2.45) is 0 Å². The number of aryl methyl sites for hydroxylation is 1. The predicted octanol–water partition coefficient (Wildman–Crippen LogP) is 5.10. The SMILES string of the molecule is CCN(c1ccc(Oc2ccccc2)cc1)S(=O)(=O)c1cc(C)c(C)c(C(=O)OC)c1. The van der Waals surface area contributed by atoms with Crippen LogP contribution in [0.2, 0.25) is 0 Å². The van der Waals surface area contributed by atoms with Gasteiger partial charge in [0.25, 0.3) is 10.0 Å². The first kappa shape index (κ1) is 22.4. The molecule has 0 fully saturated rings. The van der Waals surface area contributed by atoms with E-state index in [4.69, 9.17) is 9.47 Å². The summed E-state index contributed by atoms with van der Waals surface area (Å²) in [5.74, 6) is 0.728. The van der Waals surface area contributed by atoms with Crippen LogP contribution in [-0.2, 0) is 14.8 Å². The Morgan fingerprint density at radius 2 is 1.55 bits per heavy atom. The van der Waals surface area contributed by atoms with Gasteiger partial charge in [0, 0.05) is 6.54 Å². The zero-order chi connectivity index (χ0) is 22.6. The lowest BCUT2D eigenvalue weighted by atomic mass is 10.0. The van der Waals surface area contributed by atoms with Crippen LogP contribution in [0.25, 0.3) is 0 Å². The molecule has 0 aromatic heterocycles. The topological polar surface area (TPSA) is 72.9 Å². The third-order valence-electron chi connectivity index (χ3n) is 5.03. The summed E-state index contributed by atoms with van der Waals surface area (Å²) >= 11 is 0. The van der Waals surface area contributed by atoms with Gasteiger partial charge in [-0.05, 0) is 80.4 Å². The molecule has 0 heterocycles. The molecule has 0 aliphatic carbocycles. The highest BCUT2D eigenvalue weighted by molar-refractivity contribution is 7.92. The molecule has 0 bridgehead atoms. The second-order valence-corrected chi connectivity index (χ2v) is 8.85. The minimum absolute atomic E-state index is 0.0439. The van der Waals surface area contributed by atoms with E-state index in [1.807, 2.05) is 30.3 Å². The first-order valence-electron chi connectivity index (χ1n) is 9.83. The Hall–Kier alpha value is -3.32. The van der Waals surface area contributed by atoms with E-state index >= 15 is 0 Å². The Morgan fingerprint density at radius 3 is 2.13 bits per heavy atom. The van der Waals surface area contributed by atoms with E-state index in [1.165, 1.54) is 17.5 Å². The van der Waals surface area contributed by atoms with Crippen molar-refractivity contribution in [2.75, 3.05) is 18.0 Å². The fraction of sp³-hybridized carbons (Fsp3) is 0.208. The number of anilines is 1. The number of sulfonamides is 1. The number of nitrogens with zero attached hydrogens (tertiary/aromatic N) is 1. The average molecular weight is 440 g/mol. The Morgan fingerprint density at radius 1 is 0.935 bits per heavy atom. The van der Waals surface area contributed by atoms with Crippen molar-refractivity contribution in [1.82, 2.24) is 0 Å². The van der Waals surface area contributed by atoms with Gasteiger partial charge in [-0.2, -0.15) is 0 Å². The number of para-hydroxylation sites is 1. The number of esters is 1.